The molecule has 0 N–H and O–H groups in total. The van der Waals surface area contributed by atoms with Crippen molar-refractivity contribution in [1.82, 2.24) is 4.57 Å². The third-order valence-corrected chi connectivity index (χ3v) is 8.42. The van der Waals surface area contributed by atoms with Crippen molar-refractivity contribution in [2.24, 2.45) is 4.99 Å². The van der Waals surface area contributed by atoms with E-state index in [4.69, 9.17) is 32.7 Å². The monoisotopic (exact) mass is 621 g/mol. The van der Waals surface area contributed by atoms with E-state index in [1.54, 1.807) is 36.6 Å². The van der Waals surface area contributed by atoms with Gasteiger partial charge < -0.3 is 14.4 Å². The highest BCUT2D eigenvalue weighted by molar-refractivity contribution is 7.07. The molecule has 2 heterocycles. The molecule has 7 nitrogen and oxygen atoms in total. The van der Waals surface area contributed by atoms with Gasteiger partial charge in [-0.15, -0.1) is 0 Å². The first-order valence-electron chi connectivity index (χ1n) is 13.3. The topological polar surface area (TPSA) is 73.1 Å². The minimum Gasteiger partial charge on any atom is -0.488 e. The first-order valence-corrected chi connectivity index (χ1v) is 14.9. The van der Waals surface area contributed by atoms with Crippen molar-refractivity contribution in [3.63, 3.8) is 0 Å². The van der Waals surface area contributed by atoms with Gasteiger partial charge in [-0.05, 0) is 55.8 Å². The average molecular weight is 623 g/mol. The van der Waals surface area contributed by atoms with Gasteiger partial charge in [0, 0.05) is 41.0 Å². The Balaban J connectivity index is 1.59. The fourth-order valence-corrected chi connectivity index (χ4v) is 6.23. The number of hydrogen-bond acceptors (Lipinski definition) is 7. The number of carbonyl (C=O) groups excluding carboxylic acids is 1. The fourth-order valence-electron chi connectivity index (χ4n) is 4.73. The van der Waals surface area contributed by atoms with Crippen molar-refractivity contribution in [3.05, 3.63) is 124 Å². The number of carbonyl (C=O) groups is 1. The molecule has 216 valence electrons. The third kappa shape index (κ3) is 6.02. The molecule has 0 aliphatic carbocycles. The summed E-state index contributed by atoms with van der Waals surface area (Å²) in [6, 6.07) is 19.8. The van der Waals surface area contributed by atoms with Gasteiger partial charge in [0.25, 0.3) is 5.56 Å². The van der Waals surface area contributed by atoms with Crippen LogP contribution in [0.5, 0.6) is 5.75 Å². The molecule has 0 saturated carbocycles. The van der Waals surface area contributed by atoms with Crippen LogP contribution in [-0.2, 0) is 16.1 Å². The van der Waals surface area contributed by atoms with Crippen molar-refractivity contribution < 1.29 is 14.3 Å². The molecular formula is C32H29Cl2N3O4S. The Hall–Kier alpha value is -3.85. The molecule has 1 atom stereocenters. The lowest BCUT2D eigenvalue weighted by Gasteiger charge is -2.25. The number of aromatic nitrogens is 1. The molecule has 3 aromatic carbocycles. The van der Waals surface area contributed by atoms with Gasteiger partial charge in [0.1, 0.15) is 12.4 Å². The number of allylic oxidation sites excluding steroid dienone is 1. The number of thiazole rings is 1. The van der Waals surface area contributed by atoms with E-state index < -0.39 is 12.0 Å². The van der Waals surface area contributed by atoms with Crippen LogP contribution in [-0.4, -0.2) is 31.2 Å². The van der Waals surface area contributed by atoms with Crippen molar-refractivity contribution >= 4 is 52.3 Å². The maximum absolute atomic E-state index is 14.0. The standard InChI is InChI=1S/C32H29Cl2N3O4S/c1-5-40-31(39)28-19(2)35-32-37(29(28)20-11-14-24(15-12-20)36(3)4)30(38)27(42-32)16-21-8-6-7-9-26(21)41-18-22-10-13-23(33)17-25(22)34/h6-17,29H,5,18H2,1-4H3/b27-16-. The van der Waals surface area contributed by atoms with Crippen LogP contribution >= 0.6 is 34.5 Å². The summed E-state index contributed by atoms with van der Waals surface area (Å²) in [6.45, 7) is 3.97. The van der Waals surface area contributed by atoms with Gasteiger partial charge in [-0.1, -0.05) is 70.9 Å². The molecule has 1 aliphatic rings. The average Bonchev–Trinajstić information content (AvgIpc) is 3.26. The van der Waals surface area contributed by atoms with Crippen LogP contribution in [0, 0.1) is 0 Å². The maximum atomic E-state index is 14.0. The largest absolute Gasteiger partial charge is 0.488 e. The van der Waals surface area contributed by atoms with E-state index in [9.17, 15) is 9.59 Å². The van der Waals surface area contributed by atoms with Crippen molar-refractivity contribution in [1.29, 1.82) is 0 Å². The molecule has 0 saturated heterocycles. The number of anilines is 1. The molecule has 5 rings (SSSR count). The van der Waals surface area contributed by atoms with Gasteiger partial charge >= 0.3 is 5.97 Å². The molecule has 1 aromatic heterocycles. The SMILES string of the molecule is CCOC(=O)C1=C(C)N=c2s/c(=C\c3ccccc3OCc3ccc(Cl)cc3Cl)c(=O)n2C1c1ccc(N(C)C)cc1. The zero-order valence-electron chi connectivity index (χ0n) is 23.6. The molecule has 1 unspecified atom stereocenters. The Labute approximate surface area is 257 Å². The minimum atomic E-state index is -0.683. The van der Waals surface area contributed by atoms with Gasteiger partial charge in [-0.3, -0.25) is 9.36 Å². The Kier molecular flexibility index (Phi) is 8.87. The number of para-hydroxylation sites is 1. The van der Waals surface area contributed by atoms with E-state index in [0.717, 1.165) is 22.4 Å². The molecule has 0 bridgehead atoms. The number of rotatable bonds is 8. The number of nitrogens with zero attached hydrogens (tertiary/aromatic N) is 3. The molecule has 4 aromatic rings. The van der Waals surface area contributed by atoms with Gasteiger partial charge in [-0.2, -0.15) is 0 Å². The van der Waals surface area contributed by atoms with E-state index in [1.807, 2.05) is 73.6 Å². The Morgan fingerprint density at radius 3 is 2.52 bits per heavy atom. The summed E-state index contributed by atoms with van der Waals surface area (Å²) < 4.78 is 13.6. The summed E-state index contributed by atoms with van der Waals surface area (Å²) in [6.07, 6.45) is 1.79. The van der Waals surface area contributed by atoms with E-state index in [1.165, 1.54) is 11.3 Å². The highest BCUT2D eigenvalue weighted by atomic mass is 35.5. The molecule has 0 spiro atoms. The van der Waals surface area contributed by atoms with Gasteiger partial charge in [-0.25, -0.2) is 9.79 Å². The molecular weight excluding hydrogens is 593 g/mol. The minimum absolute atomic E-state index is 0.213. The second kappa shape index (κ2) is 12.6. The zero-order chi connectivity index (χ0) is 30.0. The molecule has 0 fully saturated rings. The summed E-state index contributed by atoms with van der Waals surface area (Å²) in [4.78, 5) is 34.3. The van der Waals surface area contributed by atoms with Gasteiger partial charge in [0.05, 0.1) is 28.5 Å². The lowest BCUT2D eigenvalue weighted by atomic mass is 9.95. The maximum Gasteiger partial charge on any atom is 0.338 e. The van der Waals surface area contributed by atoms with Crippen LogP contribution in [0.4, 0.5) is 5.69 Å². The Morgan fingerprint density at radius 1 is 1.10 bits per heavy atom. The van der Waals surface area contributed by atoms with Crippen LogP contribution in [0.1, 0.15) is 36.6 Å². The predicted molar refractivity (Wildman–Crippen MR) is 168 cm³/mol. The summed E-state index contributed by atoms with van der Waals surface area (Å²) in [7, 11) is 3.91. The summed E-state index contributed by atoms with van der Waals surface area (Å²) >= 11 is 13.6. The van der Waals surface area contributed by atoms with Gasteiger partial charge in [0.2, 0.25) is 0 Å². The summed E-state index contributed by atoms with van der Waals surface area (Å²) in [5, 5.41) is 1.06. The first-order chi connectivity index (χ1) is 20.2. The van der Waals surface area contributed by atoms with Crippen LogP contribution in [0.2, 0.25) is 10.0 Å². The molecule has 0 radical (unpaired) electrons. The number of esters is 1. The van der Waals surface area contributed by atoms with Crippen LogP contribution in [0.15, 0.2) is 87.8 Å². The van der Waals surface area contributed by atoms with E-state index in [2.05, 4.69) is 4.99 Å². The van der Waals surface area contributed by atoms with Crippen LogP contribution < -0.4 is 24.5 Å². The smallest absolute Gasteiger partial charge is 0.338 e. The van der Waals surface area contributed by atoms with Crippen LogP contribution in [0.3, 0.4) is 0 Å². The number of halogens is 2. The second-order valence-corrected chi connectivity index (χ2v) is 11.7. The fraction of sp³-hybridized carbons (Fsp3) is 0.219. The Bertz CT molecular complexity index is 1860. The Morgan fingerprint density at radius 2 is 1.83 bits per heavy atom. The number of hydrogen-bond donors (Lipinski definition) is 0. The zero-order valence-corrected chi connectivity index (χ0v) is 25.9. The van der Waals surface area contributed by atoms with Crippen molar-refractivity contribution in [2.75, 3.05) is 25.6 Å². The highest BCUT2D eigenvalue weighted by Crippen LogP contribution is 2.32. The number of fused-ring (bicyclic) bond motifs is 1. The van der Waals surface area contributed by atoms with E-state index >= 15 is 0 Å². The quantitative estimate of drug-likeness (QED) is 0.234. The number of benzene rings is 3. The molecule has 1 aliphatic heterocycles. The normalized spacial score (nSPS) is 14.8. The molecule has 10 heteroatoms. The predicted octanol–water partition coefficient (Wildman–Crippen LogP) is 5.75. The highest BCUT2D eigenvalue weighted by Gasteiger charge is 2.33. The van der Waals surface area contributed by atoms with E-state index in [0.29, 0.717) is 36.4 Å². The molecule has 42 heavy (non-hydrogen) atoms. The molecule has 0 amide bonds. The van der Waals surface area contributed by atoms with Gasteiger partial charge in [0.15, 0.2) is 4.80 Å². The summed E-state index contributed by atoms with van der Waals surface area (Å²) in [5.74, 6) is 0.0999. The van der Waals surface area contributed by atoms with Crippen molar-refractivity contribution in [2.45, 2.75) is 26.5 Å². The second-order valence-electron chi connectivity index (χ2n) is 9.85. The first kappa shape index (κ1) is 29.6. The number of ether oxygens (including phenoxy) is 2. The van der Waals surface area contributed by atoms with E-state index in [-0.39, 0.29) is 18.8 Å². The van der Waals surface area contributed by atoms with Crippen molar-refractivity contribution in [3.8, 4) is 5.75 Å². The lowest BCUT2D eigenvalue weighted by Crippen LogP contribution is -2.40. The van der Waals surface area contributed by atoms with Crippen LogP contribution in [0.25, 0.3) is 6.08 Å². The summed E-state index contributed by atoms with van der Waals surface area (Å²) in [5.41, 5.74) is 3.91. The third-order valence-electron chi connectivity index (χ3n) is 6.85. The lowest BCUT2D eigenvalue weighted by molar-refractivity contribution is -0.139.